The molecule has 120 valence electrons. The Hall–Kier alpha value is -3.14. The molecule has 3 rings (SSSR count). The average Bonchev–Trinajstić information content (AvgIpc) is 2.62. The Morgan fingerprint density at radius 2 is 1.54 bits per heavy atom. The van der Waals surface area contributed by atoms with E-state index in [2.05, 4.69) is 5.32 Å². The monoisotopic (exact) mass is 321 g/mol. The molecular formula is C20H16FNO2. The molecule has 0 saturated heterocycles. The predicted molar refractivity (Wildman–Crippen MR) is 90.5 cm³/mol. The summed E-state index contributed by atoms with van der Waals surface area (Å²) >= 11 is 0. The third-order valence-corrected chi connectivity index (χ3v) is 3.47. The number of halogens is 1. The molecule has 0 aliphatic carbocycles. The van der Waals surface area contributed by atoms with Crippen LogP contribution in [0.1, 0.15) is 15.9 Å². The van der Waals surface area contributed by atoms with E-state index < -0.39 is 0 Å². The summed E-state index contributed by atoms with van der Waals surface area (Å²) in [5.41, 5.74) is 1.27. The van der Waals surface area contributed by atoms with Gasteiger partial charge in [-0.05, 0) is 42.0 Å². The second-order valence-corrected chi connectivity index (χ2v) is 5.22. The minimum Gasteiger partial charge on any atom is -0.457 e. The summed E-state index contributed by atoms with van der Waals surface area (Å²) in [5, 5.41) is 2.82. The molecule has 4 heteroatoms. The number of amides is 1. The van der Waals surface area contributed by atoms with Crippen LogP contribution in [0, 0.1) is 5.82 Å². The van der Waals surface area contributed by atoms with Gasteiger partial charge in [-0.3, -0.25) is 4.79 Å². The van der Waals surface area contributed by atoms with Crippen molar-refractivity contribution in [3.63, 3.8) is 0 Å². The normalized spacial score (nSPS) is 10.2. The van der Waals surface area contributed by atoms with E-state index in [1.807, 2.05) is 36.4 Å². The second-order valence-electron chi connectivity index (χ2n) is 5.22. The molecule has 0 aliphatic rings. The SMILES string of the molecule is O=C(NCc1ccc(F)cc1)c1ccccc1Oc1ccccc1. The highest BCUT2D eigenvalue weighted by molar-refractivity contribution is 5.96. The molecule has 0 spiro atoms. The van der Waals surface area contributed by atoms with E-state index in [1.54, 1.807) is 30.3 Å². The number of carbonyl (C=O) groups excluding carboxylic acids is 1. The topological polar surface area (TPSA) is 38.3 Å². The van der Waals surface area contributed by atoms with Crippen LogP contribution in [-0.4, -0.2) is 5.91 Å². The molecule has 0 heterocycles. The van der Waals surface area contributed by atoms with Gasteiger partial charge in [-0.15, -0.1) is 0 Å². The van der Waals surface area contributed by atoms with Gasteiger partial charge in [-0.1, -0.05) is 42.5 Å². The zero-order valence-electron chi connectivity index (χ0n) is 12.9. The molecule has 24 heavy (non-hydrogen) atoms. The standard InChI is InChI=1S/C20H16FNO2/c21-16-12-10-15(11-13-16)14-22-20(23)18-8-4-5-9-19(18)24-17-6-2-1-3-7-17/h1-13H,14H2,(H,22,23). The molecular weight excluding hydrogens is 305 g/mol. The number of hydrogen-bond acceptors (Lipinski definition) is 2. The van der Waals surface area contributed by atoms with E-state index in [4.69, 9.17) is 4.74 Å². The summed E-state index contributed by atoms with van der Waals surface area (Å²) in [4.78, 5) is 12.4. The average molecular weight is 321 g/mol. The van der Waals surface area contributed by atoms with Crippen LogP contribution in [-0.2, 0) is 6.54 Å². The van der Waals surface area contributed by atoms with E-state index in [0.29, 0.717) is 23.6 Å². The number of carbonyl (C=O) groups is 1. The first kappa shape index (κ1) is 15.7. The quantitative estimate of drug-likeness (QED) is 0.749. The Balaban J connectivity index is 1.71. The number of ether oxygens (including phenoxy) is 1. The predicted octanol–water partition coefficient (Wildman–Crippen LogP) is 4.55. The summed E-state index contributed by atoms with van der Waals surface area (Å²) < 4.78 is 18.7. The minimum atomic E-state index is -0.299. The lowest BCUT2D eigenvalue weighted by atomic mass is 10.1. The van der Waals surface area contributed by atoms with E-state index in [0.717, 1.165) is 5.56 Å². The van der Waals surface area contributed by atoms with Gasteiger partial charge in [0.05, 0.1) is 5.56 Å². The number of nitrogens with one attached hydrogen (secondary N) is 1. The van der Waals surface area contributed by atoms with Crippen LogP contribution < -0.4 is 10.1 Å². The molecule has 3 aromatic carbocycles. The molecule has 0 aliphatic heterocycles. The van der Waals surface area contributed by atoms with Crippen molar-refractivity contribution in [3.8, 4) is 11.5 Å². The zero-order valence-corrected chi connectivity index (χ0v) is 12.9. The highest BCUT2D eigenvalue weighted by atomic mass is 19.1. The third-order valence-electron chi connectivity index (χ3n) is 3.47. The molecule has 1 amide bonds. The van der Waals surface area contributed by atoms with E-state index >= 15 is 0 Å². The van der Waals surface area contributed by atoms with Crippen LogP contribution in [0.4, 0.5) is 4.39 Å². The summed E-state index contributed by atoms with van der Waals surface area (Å²) in [6.45, 7) is 0.318. The molecule has 0 atom stereocenters. The van der Waals surface area contributed by atoms with Crippen molar-refractivity contribution in [2.75, 3.05) is 0 Å². The van der Waals surface area contributed by atoms with Gasteiger partial charge in [0, 0.05) is 6.54 Å². The van der Waals surface area contributed by atoms with Crippen LogP contribution in [0.25, 0.3) is 0 Å². The first-order valence-electron chi connectivity index (χ1n) is 7.57. The molecule has 0 unspecified atom stereocenters. The van der Waals surface area contributed by atoms with Crippen LogP contribution in [0.5, 0.6) is 11.5 Å². The Bertz CT molecular complexity index is 817. The molecule has 0 bridgehead atoms. The molecule has 0 radical (unpaired) electrons. The molecule has 1 N–H and O–H groups in total. The molecule has 0 saturated carbocycles. The van der Waals surface area contributed by atoms with Crippen LogP contribution in [0.15, 0.2) is 78.9 Å². The lowest BCUT2D eigenvalue weighted by Gasteiger charge is -2.11. The maximum atomic E-state index is 12.9. The summed E-state index contributed by atoms with van der Waals surface area (Å²) in [5.74, 6) is 0.606. The zero-order chi connectivity index (χ0) is 16.8. The highest BCUT2D eigenvalue weighted by Crippen LogP contribution is 2.25. The Kier molecular flexibility index (Phi) is 4.87. The fourth-order valence-electron chi connectivity index (χ4n) is 2.24. The highest BCUT2D eigenvalue weighted by Gasteiger charge is 2.12. The maximum Gasteiger partial charge on any atom is 0.255 e. The second kappa shape index (κ2) is 7.42. The van der Waals surface area contributed by atoms with Crippen molar-refractivity contribution in [3.05, 3.63) is 95.8 Å². The van der Waals surface area contributed by atoms with Crippen molar-refractivity contribution < 1.29 is 13.9 Å². The number of rotatable bonds is 5. The summed E-state index contributed by atoms with van der Waals surface area (Å²) in [7, 11) is 0. The Morgan fingerprint density at radius 3 is 2.29 bits per heavy atom. The molecule has 0 fully saturated rings. The Morgan fingerprint density at radius 1 is 0.875 bits per heavy atom. The fourth-order valence-corrected chi connectivity index (χ4v) is 2.24. The summed E-state index contributed by atoms with van der Waals surface area (Å²) in [6, 6.07) is 22.4. The van der Waals surface area contributed by atoms with Crippen molar-refractivity contribution >= 4 is 5.91 Å². The lowest BCUT2D eigenvalue weighted by molar-refractivity contribution is 0.0948. The first-order valence-corrected chi connectivity index (χ1v) is 7.57. The third kappa shape index (κ3) is 3.98. The molecule has 3 nitrogen and oxygen atoms in total. The van der Waals surface area contributed by atoms with Crippen molar-refractivity contribution in [1.82, 2.24) is 5.32 Å². The van der Waals surface area contributed by atoms with Gasteiger partial charge in [-0.25, -0.2) is 4.39 Å². The van der Waals surface area contributed by atoms with Crippen LogP contribution in [0.3, 0.4) is 0 Å². The molecule has 3 aromatic rings. The van der Waals surface area contributed by atoms with Gasteiger partial charge < -0.3 is 10.1 Å². The fraction of sp³-hybridized carbons (Fsp3) is 0.0500. The first-order chi connectivity index (χ1) is 11.7. The van der Waals surface area contributed by atoms with Crippen molar-refractivity contribution in [2.45, 2.75) is 6.54 Å². The largest absolute Gasteiger partial charge is 0.457 e. The smallest absolute Gasteiger partial charge is 0.255 e. The Labute approximate surface area is 139 Å². The van der Waals surface area contributed by atoms with Crippen molar-refractivity contribution in [2.24, 2.45) is 0 Å². The van der Waals surface area contributed by atoms with E-state index in [1.165, 1.54) is 12.1 Å². The van der Waals surface area contributed by atoms with Crippen LogP contribution >= 0.6 is 0 Å². The van der Waals surface area contributed by atoms with Gasteiger partial charge in [0.15, 0.2) is 0 Å². The summed E-state index contributed by atoms with van der Waals surface area (Å²) in [6.07, 6.45) is 0. The number of para-hydroxylation sites is 2. The van der Waals surface area contributed by atoms with E-state index in [9.17, 15) is 9.18 Å². The van der Waals surface area contributed by atoms with Gasteiger partial charge >= 0.3 is 0 Å². The van der Waals surface area contributed by atoms with Gasteiger partial charge in [-0.2, -0.15) is 0 Å². The molecule has 0 aromatic heterocycles. The van der Waals surface area contributed by atoms with Crippen LogP contribution in [0.2, 0.25) is 0 Å². The minimum absolute atomic E-state index is 0.245. The van der Waals surface area contributed by atoms with Gasteiger partial charge in [0.25, 0.3) is 5.91 Å². The van der Waals surface area contributed by atoms with Gasteiger partial charge in [0.2, 0.25) is 0 Å². The van der Waals surface area contributed by atoms with E-state index in [-0.39, 0.29) is 11.7 Å². The lowest BCUT2D eigenvalue weighted by Crippen LogP contribution is -2.23. The number of benzene rings is 3. The maximum absolute atomic E-state index is 12.9. The van der Waals surface area contributed by atoms with Gasteiger partial charge in [0.1, 0.15) is 17.3 Å². The number of hydrogen-bond donors (Lipinski definition) is 1. The van der Waals surface area contributed by atoms with Crippen molar-refractivity contribution in [1.29, 1.82) is 0 Å².